The van der Waals surface area contributed by atoms with Gasteiger partial charge in [0.2, 0.25) is 11.7 Å². The number of carboxylic acids is 1. The van der Waals surface area contributed by atoms with Crippen LogP contribution in [0.3, 0.4) is 0 Å². The fourth-order valence-electron chi connectivity index (χ4n) is 5.71. The average Bonchev–Trinajstić information content (AvgIpc) is 3.62. The molecule has 5 aromatic carbocycles. The number of nitrogens with one attached hydrogen (secondary N) is 1. The zero-order valence-electron chi connectivity index (χ0n) is 28.3. The highest BCUT2D eigenvalue weighted by atomic mass is 19.3. The van der Waals surface area contributed by atoms with Crippen molar-refractivity contribution in [2.24, 2.45) is 0 Å². The number of hydrogen-bond donors (Lipinski definition) is 2. The van der Waals surface area contributed by atoms with Crippen LogP contribution in [0.4, 0.5) is 14.5 Å². The monoisotopic (exact) mass is 700 g/mol. The molecule has 0 spiro atoms. The predicted molar refractivity (Wildman–Crippen MR) is 193 cm³/mol. The standard InChI is InChI=1S/C41H34F2N4O5/c1-26-7-11-28(12-8-26)29-15-17-31(18-16-29)39-45-38(46-52-39)30-13-9-27(10-14-30)24-47(25-37(49)50)40(51)32-19-21-34(22-20-32)44-36(48)23-33-5-3-4-6-35(33)41(2,42)43/h3-22H,23-25H2,1-2H3,(H,44,48)(H,49,50). The summed E-state index contributed by atoms with van der Waals surface area (Å²) < 4.78 is 33.5. The third-order valence-electron chi connectivity index (χ3n) is 8.40. The summed E-state index contributed by atoms with van der Waals surface area (Å²) in [5.74, 6) is -4.57. The summed E-state index contributed by atoms with van der Waals surface area (Å²) in [7, 11) is 0. The highest BCUT2D eigenvalue weighted by molar-refractivity contribution is 5.97. The van der Waals surface area contributed by atoms with Gasteiger partial charge in [0.05, 0.1) is 6.42 Å². The highest BCUT2D eigenvalue weighted by Gasteiger charge is 2.28. The molecular weight excluding hydrogens is 666 g/mol. The van der Waals surface area contributed by atoms with Crippen LogP contribution in [0.25, 0.3) is 34.0 Å². The Labute approximate surface area is 298 Å². The SMILES string of the molecule is Cc1ccc(-c2ccc(-c3nc(-c4ccc(CN(CC(=O)O)C(=O)c5ccc(NC(=O)Cc6ccccc6C(C)(F)F)cc5)cc4)no3)cc2)cc1. The zero-order chi connectivity index (χ0) is 36.8. The Morgan fingerprint density at radius 1 is 0.788 bits per heavy atom. The molecule has 6 aromatic rings. The molecule has 1 aromatic heterocycles. The van der Waals surface area contributed by atoms with Crippen LogP contribution in [-0.4, -0.2) is 44.5 Å². The molecule has 0 fully saturated rings. The first kappa shape index (κ1) is 35.3. The first-order valence-electron chi connectivity index (χ1n) is 16.4. The maximum Gasteiger partial charge on any atom is 0.323 e. The number of nitrogens with zero attached hydrogens (tertiary/aromatic N) is 3. The highest BCUT2D eigenvalue weighted by Crippen LogP contribution is 2.30. The lowest BCUT2D eigenvalue weighted by Gasteiger charge is -2.21. The summed E-state index contributed by atoms with van der Waals surface area (Å²) in [5.41, 5.74) is 6.04. The molecule has 0 aliphatic heterocycles. The van der Waals surface area contributed by atoms with Crippen LogP contribution in [0.1, 0.15) is 39.5 Å². The number of carbonyl (C=O) groups is 3. The van der Waals surface area contributed by atoms with Crippen LogP contribution in [0.5, 0.6) is 0 Å². The molecule has 2 N–H and O–H groups in total. The van der Waals surface area contributed by atoms with E-state index in [4.69, 9.17) is 4.52 Å². The van der Waals surface area contributed by atoms with Gasteiger partial charge in [0, 0.05) is 41.4 Å². The summed E-state index contributed by atoms with van der Waals surface area (Å²) in [5, 5.41) is 16.3. The first-order chi connectivity index (χ1) is 24.9. The van der Waals surface area contributed by atoms with Crippen LogP contribution in [0.15, 0.2) is 126 Å². The van der Waals surface area contributed by atoms with Gasteiger partial charge in [-0.15, -0.1) is 0 Å². The third-order valence-corrected chi connectivity index (χ3v) is 8.40. The van der Waals surface area contributed by atoms with Crippen molar-refractivity contribution in [2.45, 2.75) is 32.7 Å². The smallest absolute Gasteiger partial charge is 0.323 e. The number of carbonyl (C=O) groups excluding carboxylic acids is 2. The molecule has 2 amide bonds. The van der Waals surface area contributed by atoms with E-state index in [9.17, 15) is 28.3 Å². The molecule has 0 bridgehead atoms. The maximum atomic E-state index is 14.0. The van der Waals surface area contributed by atoms with E-state index in [1.165, 1.54) is 52.9 Å². The Morgan fingerprint density at radius 3 is 2.02 bits per heavy atom. The van der Waals surface area contributed by atoms with E-state index < -0.39 is 30.3 Å². The van der Waals surface area contributed by atoms with Crippen molar-refractivity contribution in [1.29, 1.82) is 0 Å². The number of aromatic nitrogens is 2. The lowest BCUT2D eigenvalue weighted by molar-refractivity contribution is -0.137. The molecule has 0 saturated carbocycles. The Balaban J connectivity index is 1.09. The summed E-state index contributed by atoms with van der Waals surface area (Å²) >= 11 is 0. The number of benzene rings is 5. The van der Waals surface area contributed by atoms with E-state index >= 15 is 0 Å². The number of aryl methyl sites for hydroxylation is 1. The molecule has 0 saturated heterocycles. The molecule has 262 valence electrons. The van der Waals surface area contributed by atoms with E-state index in [1.807, 2.05) is 31.2 Å². The van der Waals surface area contributed by atoms with Crippen LogP contribution < -0.4 is 5.32 Å². The minimum Gasteiger partial charge on any atom is -0.480 e. The molecule has 0 unspecified atom stereocenters. The van der Waals surface area contributed by atoms with Gasteiger partial charge in [-0.3, -0.25) is 14.4 Å². The van der Waals surface area contributed by atoms with Gasteiger partial charge in [0.1, 0.15) is 6.54 Å². The normalized spacial score (nSPS) is 11.2. The molecule has 11 heteroatoms. The van der Waals surface area contributed by atoms with E-state index in [1.54, 1.807) is 30.3 Å². The van der Waals surface area contributed by atoms with Crippen molar-refractivity contribution in [3.05, 3.63) is 149 Å². The van der Waals surface area contributed by atoms with Crippen LogP contribution in [0.2, 0.25) is 0 Å². The fraction of sp³-hybridized carbons (Fsp3) is 0.146. The second kappa shape index (κ2) is 15.2. The van der Waals surface area contributed by atoms with E-state index in [-0.39, 0.29) is 29.7 Å². The summed E-state index contributed by atoms with van der Waals surface area (Å²) in [4.78, 5) is 43.5. The number of halogens is 2. The first-order valence-corrected chi connectivity index (χ1v) is 16.4. The van der Waals surface area contributed by atoms with Crippen molar-refractivity contribution in [3.8, 4) is 34.0 Å². The van der Waals surface area contributed by atoms with Crippen LogP contribution in [-0.2, 0) is 28.5 Å². The summed E-state index contributed by atoms with van der Waals surface area (Å²) in [6.45, 7) is 2.29. The minimum absolute atomic E-state index is 0.0101. The van der Waals surface area contributed by atoms with Gasteiger partial charge >= 0.3 is 5.97 Å². The number of alkyl halides is 2. The molecule has 9 nitrogen and oxygen atoms in total. The van der Waals surface area contributed by atoms with E-state index in [0.717, 1.165) is 23.6 Å². The van der Waals surface area contributed by atoms with Crippen molar-refractivity contribution < 1.29 is 32.8 Å². The van der Waals surface area contributed by atoms with Crippen molar-refractivity contribution >= 4 is 23.5 Å². The largest absolute Gasteiger partial charge is 0.480 e. The lowest BCUT2D eigenvalue weighted by Crippen LogP contribution is -2.35. The molecule has 0 aliphatic carbocycles. The minimum atomic E-state index is -3.10. The van der Waals surface area contributed by atoms with Gasteiger partial charge in [0.15, 0.2) is 0 Å². The molecular formula is C41H34F2N4O5. The Hall–Kier alpha value is -6.49. The van der Waals surface area contributed by atoms with Gasteiger partial charge in [-0.05, 0) is 65.6 Å². The molecule has 0 radical (unpaired) electrons. The van der Waals surface area contributed by atoms with Crippen LogP contribution in [0, 0.1) is 6.92 Å². The second-order valence-corrected chi connectivity index (χ2v) is 12.5. The summed E-state index contributed by atoms with van der Waals surface area (Å²) in [6, 6.07) is 35.0. The number of rotatable bonds is 12. The van der Waals surface area contributed by atoms with E-state index in [2.05, 4.69) is 39.7 Å². The summed E-state index contributed by atoms with van der Waals surface area (Å²) in [6.07, 6.45) is -0.262. The Kier molecular flexibility index (Phi) is 10.3. The Bertz CT molecular complexity index is 2190. The second-order valence-electron chi connectivity index (χ2n) is 12.5. The van der Waals surface area contributed by atoms with Crippen molar-refractivity contribution in [1.82, 2.24) is 15.0 Å². The molecule has 1 heterocycles. The number of carboxylic acid groups (broad SMARTS) is 1. The van der Waals surface area contributed by atoms with Gasteiger partial charge < -0.3 is 19.8 Å². The van der Waals surface area contributed by atoms with Crippen molar-refractivity contribution in [3.63, 3.8) is 0 Å². The lowest BCUT2D eigenvalue weighted by atomic mass is 10.00. The third kappa shape index (κ3) is 8.62. The van der Waals surface area contributed by atoms with Gasteiger partial charge in [-0.1, -0.05) is 95.6 Å². The van der Waals surface area contributed by atoms with Gasteiger partial charge in [-0.2, -0.15) is 4.98 Å². The number of amides is 2. The number of anilines is 1. The molecule has 0 atom stereocenters. The van der Waals surface area contributed by atoms with Gasteiger partial charge in [-0.25, -0.2) is 8.78 Å². The average molecular weight is 701 g/mol. The van der Waals surface area contributed by atoms with Gasteiger partial charge in [0.25, 0.3) is 17.7 Å². The van der Waals surface area contributed by atoms with E-state index in [0.29, 0.717) is 28.5 Å². The van der Waals surface area contributed by atoms with Crippen molar-refractivity contribution in [2.75, 3.05) is 11.9 Å². The number of hydrogen-bond acceptors (Lipinski definition) is 6. The maximum absolute atomic E-state index is 14.0. The fourth-order valence-corrected chi connectivity index (χ4v) is 5.71. The van der Waals surface area contributed by atoms with Crippen LogP contribution >= 0.6 is 0 Å². The topological polar surface area (TPSA) is 126 Å². The molecule has 52 heavy (non-hydrogen) atoms. The Morgan fingerprint density at radius 2 is 1.38 bits per heavy atom. The quantitative estimate of drug-likeness (QED) is 0.131. The molecule has 0 aliphatic rings. The number of aliphatic carboxylic acids is 1. The predicted octanol–water partition coefficient (Wildman–Crippen LogP) is 8.40. The molecule has 6 rings (SSSR count). The zero-order valence-corrected chi connectivity index (χ0v) is 28.3.